The van der Waals surface area contributed by atoms with Gasteiger partial charge in [-0.15, -0.1) is 0 Å². The molecule has 0 radical (unpaired) electrons. The molecule has 1 saturated carbocycles. The maximum absolute atomic E-state index is 12.3. The Bertz CT molecular complexity index is 1150. The van der Waals surface area contributed by atoms with Crippen molar-refractivity contribution in [1.29, 1.82) is 0 Å². The molecule has 13 atom stereocenters. The minimum absolute atomic E-state index is 0.0169. The van der Waals surface area contributed by atoms with Gasteiger partial charge in [-0.1, -0.05) is 20.8 Å². The summed E-state index contributed by atoms with van der Waals surface area (Å²) in [4.78, 5) is 12.3. The predicted molar refractivity (Wildman–Crippen MR) is 132 cm³/mol. The Hall–Kier alpha value is -1.77. The van der Waals surface area contributed by atoms with Crippen LogP contribution >= 0.6 is 0 Å². The van der Waals surface area contributed by atoms with Crippen LogP contribution in [0.2, 0.25) is 0 Å². The van der Waals surface area contributed by atoms with Crippen molar-refractivity contribution in [3.05, 3.63) is 23.7 Å². The highest BCUT2D eigenvalue weighted by molar-refractivity contribution is 5.92. The second kappa shape index (κ2) is 8.63. The van der Waals surface area contributed by atoms with Crippen molar-refractivity contribution in [2.45, 2.75) is 106 Å². The molecule has 0 bridgehead atoms. The van der Waals surface area contributed by atoms with Crippen LogP contribution in [0.1, 0.15) is 40.5 Å². The number of epoxide rings is 2. The van der Waals surface area contributed by atoms with Gasteiger partial charge in [-0.2, -0.15) is 0 Å². The molecule has 12 nitrogen and oxygen atoms in total. The molecule has 2 aliphatic carbocycles. The summed E-state index contributed by atoms with van der Waals surface area (Å²) in [7, 11) is 0. The standard InChI is InChI=1S/C28H38O12/c1-12(2)27-20(39-27)21-28(40-21)25(3)6-5-13-14(10-36-22(13)33)15(25)11-37-26(28,4)24(27)35-8-7-34-23-19(32)18(31)17(30)16(9-29)38-23/h7-8,12,15-21,23-24,29-32H,5-6,9-11H2,1-4H3. The van der Waals surface area contributed by atoms with Crippen molar-refractivity contribution in [2.75, 3.05) is 19.8 Å². The van der Waals surface area contributed by atoms with E-state index in [4.69, 9.17) is 33.2 Å². The van der Waals surface area contributed by atoms with Gasteiger partial charge < -0.3 is 53.6 Å². The maximum atomic E-state index is 12.3. The summed E-state index contributed by atoms with van der Waals surface area (Å²) in [5.41, 5.74) is -0.767. The highest BCUT2D eigenvalue weighted by Crippen LogP contribution is 2.77. The molecule has 40 heavy (non-hydrogen) atoms. The first kappa shape index (κ1) is 27.1. The first-order chi connectivity index (χ1) is 19.0. The molecule has 4 saturated heterocycles. The van der Waals surface area contributed by atoms with Crippen LogP contribution < -0.4 is 0 Å². The molecule has 4 N–H and O–H groups in total. The molecule has 7 aliphatic rings. The van der Waals surface area contributed by atoms with E-state index in [2.05, 4.69) is 20.8 Å². The van der Waals surface area contributed by atoms with E-state index >= 15 is 0 Å². The monoisotopic (exact) mass is 566 g/mol. The van der Waals surface area contributed by atoms with E-state index in [0.717, 1.165) is 17.6 Å². The number of aliphatic hydroxyl groups excluding tert-OH is 4. The second-order valence-electron chi connectivity index (χ2n) is 12.9. The lowest BCUT2D eigenvalue weighted by Gasteiger charge is -2.60. The Balaban J connectivity index is 1.16. The Kier molecular flexibility index (Phi) is 5.85. The number of esters is 1. The Labute approximate surface area is 231 Å². The number of hydrogen-bond donors (Lipinski definition) is 4. The highest BCUT2D eigenvalue weighted by Gasteiger charge is 2.94. The zero-order chi connectivity index (χ0) is 28.4. The van der Waals surface area contributed by atoms with Gasteiger partial charge in [0.15, 0.2) is 6.10 Å². The van der Waals surface area contributed by atoms with Crippen molar-refractivity contribution in [3.8, 4) is 0 Å². The van der Waals surface area contributed by atoms with E-state index in [0.29, 0.717) is 19.6 Å². The van der Waals surface area contributed by atoms with Crippen molar-refractivity contribution in [2.24, 2.45) is 17.3 Å². The summed E-state index contributed by atoms with van der Waals surface area (Å²) in [6.07, 6.45) is -3.95. The van der Waals surface area contributed by atoms with E-state index in [1.165, 1.54) is 12.5 Å². The number of cyclic esters (lactones) is 1. The van der Waals surface area contributed by atoms with Gasteiger partial charge in [0.1, 0.15) is 72.6 Å². The molecule has 13 unspecified atom stereocenters. The second-order valence-corrected chi connectivity index (χ2v) is 12.9. The van der Waals surface area contributed by atoms with Crippen LogP contribution in [0.15, 0.2) is 23.7 Å². The van der Waals surface area contributed by atoms with E-state index in [-0.39, 0.29) is 35.4 Å². The molecule has 12 heteroatoms. The lowest BCUT2D eigenvalue weighted by atomic mass is 9.49. The van der Waals surface area contributed by atoms with Crippen LogP contribution in [0.3, 0.4) is 0 Å². The molecular formula is C28H38O12. The lowest BCUT2D eigenvalue weighted by molar-refractivity contribution is -0.288. The summed E-state index contributed by atoms with van der Waals surface area (Å²) in [6, 6.07) is 0. The third-order valence-corrected chi connectivity index (χ3v) is 11.0. The molecule has 0 aromatic rings. The summed E-state index contributed by atoms with van der Waals surface area (Å²) in [5.74, 6) is -0.163. The fourth-order valence-electron chi connectivity index (χ4n) is 8.73. The number of aliphatic hydroxyl groups is 4. The number of carbonyl (C=O) groups is 1. The topological polar surface area (TPSA) is 169 Å². The quantitative estimate of drug-likeness (QED) is 0.188. The van der Waals surface area contributed by atoms with E-state index in [9.17, 15) is 25.2 Å². The molecule has 0 aromatic heterocycles. The Morgan fingerprint density at radius 3 is 2.52 bits per heavy atom. The Morgan fingerprint density at radius 2 is 1.80 bits per heavy atom. The highest BCUT2D eigenvalue weighted by atomic mass is 16.7. The fraction of sp³-hybridized carbons (Fsp3) is 0.821. The van der Waals surface area contributed by atoms with Crippen LogP contribution in [0.4, 0.5) is 0 Å². The molecule has 5 fully saturated rings. The summed E-state index contributed by atoms with van der Waals surface area (Å²) >= 11 is 0. The zero-order valence-corrected chi connectivity index (χ0v) is 23.0. The van der Waals surface area contributed by atoms with Gasteiger partial charge in [0, 0.05) is 16.9 Å². The predicted octanol–water partition coefficient (Wildman–Crippen LogP) is -0.337. The molecular weight excluding hydrogens is 528 g/mol. The van der Waals surface area contributed by atoms with E-state index in [1.54, 1.807) is 0 Å². The largest absolute Gasteiger partial charge is 0.489 e. The number of fused-ring (bicyclic) bond motifs is 4. The fourth-order valence-corrected chi connectivity index (χ4v) is 8.73. The van der Waals surface area contributed by atoms with Gasteiger partial charge in [-0.3, -0.25) is 0 Å². The average molecular weight is 567 g/mol. The molecule has 222 valence electrons. The minimum Gasteiger partial charge on any atom is -0.489 e. The SMILES string of the molecule is CC(C)C12OC1C1OC13C1(C)CCC4=C(COC4=O)C1COC3(C)C2OC=COC1OC(CO)C(O)C(O)C1O. The normalized spacial score (nSPS) is 54.2. The third kappa shape index (κ3) is 3.11. The van der Waals surface area contributed by atoms with Gasteiger partial charge in [0.25, 0.3) is 0 Å². The molecule has 1 spiro atoms. The van der Waals surface area contributed by atoms with Crippen LogP contribution in [0, 0.1) is 17.3 Å². The van der Waals surface area contributed by atoms with Crippen LogP contribution in [0.25, 0.3) is 0 Å². The van der Waals surface area contributed by atoms with Gasteiger partial charge >= 0.3 is 5.97 Å². The summed E-state index contributed by atoms with van der Waals surface area (Å²) in [6.45, 7) is 8.54. The van der Waals surface area contributed by atoms with Crippen molar-refractivity contribution in [1.82, 2.24) is 0 Å². The van der Waals surface area contributed by atoms with Crippen molar-refractivity contribution >= 4 is 5.97 Å². The number of ether oxygens (including phenoxy) is 7. The van der Waals surface area contributed by atoms with E-state index < -0.39 is 60.2 Å². The molecule has 7 rings (SSSR count). The summed E-state index contributed by atoms with van der Waals surface area (Å²) < 4.78 is 42.6. The first-order valence-corrected chi connectivity index (χ1v) is 14.1. The number of carbonyl (C=O) groups excluding carboxylic acids is 1. The lowest BCUT2D eigenvalue weighted by Crippen LogP contribution is -2.74. The maximum Gasteiger partial charge on any atom is 0.334 e. The van der Waals surface area contributed by atoms with Crippen molar-refractivity contribution < 1.29 is 58.4 Å². The van der Waals surface area contributed by atoms with Gasteiger partial charge in [0.05, 0.1) is 13.2 Å². The molecule has 5 heterocycles. The zero-order valence-electron chi connectivity index (χ0n) is 23.0. The van der Waals surface area contributed by atoms with Gasteiger partial charge in [-0.05, 0) is 31.3 Å². The molecule has 0 amide bonds. The minimum atomic E-state index is -1.55. The van der Waals surface area contributed by atoms with Crippen LogP contribution in [-0.4, -0.2) is 112 Å². The number of hydrogen-bond acceptors (Lipinski definition) is 12. The molecule has 5 aliphatic heterocycles. The van der Waals surface area contributed by atoms with Crippen LogP contribution in [-0.2, 0) is 38.0 Å². The third-order valence-electron chi connectivity index (χ3n) is 11.0. The van der Waals surface area contributed by atoms with Crippen LogP contribution in [0.5, 0.6) is 0 Å². The van der Waals surface area contributed by atoms with Gasteiger partial charge in [0.2, 0.25) is 6.29 Å². The van der Waals surface area contributed by atoms with E-state index in [1.807, 2.05) is 6.92 Å². The first-order valence-electron chi connectivity index (χ1n) is 14.1. The van der Waals surface area contributed by atoms with Gasteiger partial charge in [-0.25, -0.2) is 4.79 Å². The smallest absolute Gasteiger partial charge is 0.334 e. The number of rotatable bonds is 6. The van der Waals surface area contributed by atoms with Crippen molar-refractivity contribution in [3.63, 3.8) is 0 Å². The molecule has 0 aromatic carbocycles. The Morgan fingerprint density at radius 1 is 1.05 bits per heavy atom. The summed E-state index contributed by atoms with van der Waals surface area (Å²) in [5, 5.41) is 39.8. The average Bonchev–Trinajstić information content (AvgIpc) is 3.82.